The maximum atomic E-state index is 3.94. The summed E-state index contributed by atoms with van der Waals surface area (Å²) < 4.78 is 0. The Kier molecular flexibility index (Phi) is 4.75. The lowest BCUT2D eigenvalue weighted by molar-refractivity contribution is 0.134. The summed E-state index contributed by atoms with van der Waals surface area (Å²) in [4.78, 5) is 0. The highest BCUT2D eigenvalue weighted by Gasteiger charge is 2.33. The van der Waals surface area contributed by atoms with Gasteiger partial charge in [-0.25, -0.2) is 0 Å². The van der Waals surface area contributed by atoms with Crippen molar-refractivity contribution in [3.63, 3.8) is 0 Å². The molecular formula is C17H33N. The van der Waals surface area contributed by atoms with E-state index in [-0.39, 0.29) is 0 Å². The third-order valence-corrected chi connectivity index (χ3v) is 5.91. The molecule has 0 spiro atoms. The monoisotopic (exact) mass is 251 g/mol. The summed E-state index contributed by atoms with van der Waals surface area (Å²) in [5.74, 6) is 1.92. The molecule has 18 heavy (non-hydrogen) atoms. The Hall–Kier alpha value is -0.0400. The van der Waals surface area contributed by atoms with Crippen molar-refractivity contribution in [3.8, 4) is 0 Å². The molecule has 2 atom stereocenters. The molecule has 1 N–H and O–H groups in total. The van der Waals surface area contributed by atoms with Crippen LogP contribution in [0.25, 0.3) is 0 Å². The van der Waals surface area contributed by atoms with Crippen LogP contribution < -0.4 is 5.32 Å². The number of hydrogen-bond acceptors (Lipinski definition) is 1. The normalized spacial score (nSPS) is 38.0. The predicted octanol–water partition coefficient (Wildman–Crippen LogP) is 4.76. The summed E-state index contributed by atoms with van der Waals surface area (Å²) in [6, 6.07) is 1.66. The minimum absolute atomic E-state index is 0.562. The quantitative estimate of drug-likeness (QED) is 0.759. The van der Waals surface area contributed by atoms with E-state index in [9.17, 15) is 0 Å². The third kappa shape index (κ3) is 3.50. The Bertz CT molecular complexity index is 250. The van der Waals surface area contributed by atoms with Crippen LogP contribution in [0.1, 0.15) is 79.1 Å². The SMILES string of the molecule is CCC(C)(C)C1CCC(NC2CCC(C)C2)CC1. The van der Waals surface area contributed by atoms with Crippen LogP contribution in [0.4, 0.5) is 0 Å². The standard InChI is InChI=1S/C17H33N/c1-5-17(3,4)14-7-10-15(11-8-14)18-16-9-6-13(2)12-16/h13-16,18H,5-12H2,1-4H3. The van der Waals surface area contributed by atoms with E-state index in [1.165, 1.54) is 51.4 Å². The second-order valence-corrected chi connectivity index (χ2v) is 7.67. The summed E-state index contributed by atoms with van der Waals surface area (Å²) in [6.45, 7) is 9.68. The maximum absolute atomic E-state index is 3.94. The molecule has 2 aliphatic carbocycles. The number of rotatable bonds is 4. The third-order valence-electron chi connectivity index (χ3n) is 5.91. The zero-order valence-corrected chi connectivity index (χ0v) is 13.0. The van der Waals surface area contributed by atoms with Gasteiger partial charge in [0.25, 0.3) is 0 Å². The number of hydrogen-bond donors (Lipinski definition) is 1. The smallest absolute Gasteiger partial charge is 0.00722 e. The first kappa shape index (κ1) is 14.4. The van der Waals surface area contributed by atoms with E-state index in [0.29, 0.717) is 5.41 Å². The minimum atomic E-state index is 0.562. The molecule has 2 aliphatic rings. The van der Waals surface area contributed by atoms with Gasteiger partial charge in [0.05, 0.1) is 0 Å². The Morgan fingerprint density at radius 1 is 0.944 bits per heavy atom. The van der Waals surface area contributed by atoms with Crippen molar-refractivity contribution < 1.29 is 0 Å². The molecule has 0 radical (unpaired) electrons. The van der Waals surface area contributed by atoms with Crippen LogP contribution in [-0.2, 0) is 0 Å². The van der Waals surface area contributed by atoms with Crippen LogP contribution in [0.2, 0.25) is 0 Å². The van der Waals surface area contributed by atoms with Gasteiger partial charge in [-0.15, -0.1) is 0 Å². The Balaban J connectivity index is 1.73. The Morgan fingerprint density at radius 2 is 1.56 bits per heavy atom. The van der Waals surface area contributed by atoms with Crippen LogP contribution in [-0.4, -0.2) is 12.1 Å². The zero-order valence-electron chi connectivity index (χ0n) is 13.0. The van der Waals surface area contributed by atoms with Crippen molar-refractivity contribution in [3.05, 3.63) is 0 Å². The van der Waals surface area contributed by atoms with Gasteiger partial charge >= 0.3 is 0 Å². The van der Waals surface area contributed by atoms with Gasteiger partial charge < -0.3 is 5.32 Å². The molecule has 1 nitrogen and oxygen atoms in total. The van der Waals surface area contributed by atoms with Gasteiger partial charge in [-0.2, -0.15) is 0 Å². The molecule has 0 aliphatic heterocycles. The highest BCUT2D eigenvalue weighted by atomic mass is 15.0. The van der Waals surface area contributed by atoms with E-state index in [2.05, 4.69) is 33.0 Å². The molecule has 0 heterocycles. The Labute approximate surface area is 114 Å². The molecule has 2 rings (SSSR count). The van der Waals surface area contributed by atoms with Gasteiger partial charge in [0.2, 0.25) is 0 Å². The molecule has 1 heteroatoms. The van der Waals surface area contributed by atoms with Gasteiger partial charge in [0.15, 0.2) is 0 Å². The summed E-state index contributed by atoms with van der Waals surface area (Å²) in [7, 11) is 0. The lowest BCUT2D eigenvalue weighted by Crippen LogP contribution is -2.41. The molecule has 106 valence electrons. The van der Waals surface area contributed by atoms with E-state index in [4.69, 9.17) is 0 Å². The zero-order chi connectivity index (χ0) is 13.2. The largest absolute Gasteiger partial charge is 0.311 e. The molecule has 0 aromatic rings. The minimum Gasteiger partial charge on any atom is -0.311 e. The Morgan fingerprint density at radius 3 is 2.06 bits per heavy atom. The van der Waals surface area contributed by atoms with Crippen molar-refractivity contribution >= 4 is 0 Å². The van der Waals surface area contributed by atoms with Crippen molar-refractivity contribution in [1.29, 1.82) is 0 Å². The summed E-state index contributed by atoms with van der Waals surface area (Å²) in [6.07, 6.45) is 11.3. The van der Waals surface area contributed by atoms with E-state index in [0.717, 1.165) is 23.9 Å². The maximum Gasteiger partial charge on any atom is 0.00722 e. The average Bonchev–Trinajstić information content (AvgIpc) is 2.75. The van der Waals surface area contributed by atoms with Crippen molar-refractivity contribution in [2.45, 2.75) is 91.1 Å². The molecule has 0 amide bonds. The molecule has 0 saturated heterocycles. The van der Waals surface area contributed by atoms with Gasteiger partial charge in [-0.1, -0.05) is 34.1 Å². The highest BCUT2D eigenvalue weighted by Crippen LogP contribution is 2.40. The van der Waals surface area contributed by atoms with E-state index < -0.39 is 0 Å². The molecule has 0 aromatic carbocycles. The van der Waals surface area contributed by atoms with Crippen LogP contribution in [0.5, 0.6) is 0 Å². The molecule has 0 aromatic heterocycles. The summed E-state index contributed by atoms with van der Waals surface area (Å²) in [5, 5.41) is 3.94. The van der Waals surface area contributed by atoms with Crippen molar-refractivity contribution in [2.24, 2.45) is 17.3 Å². The fraction of sp³-hybridized carbons (Fsp3) is 1.00. The lowest BCUT2D eigenvalue weighted by Gasteiger charge is -2.39. The first-order chi connectivity index (χ1) is 8.51. The molecular weight excluding hydrogens is 218 g/mol. The van der Waals surface area contributed by atoms with Crippen LogP contribution in [0, 0.1) is 17.3 Å². The van der Waals surface area contributed by atoms with Crippen molar-refractivity contribution in [2.75, 3.05) is 0 Å². The summed E-state index contributed by atoms with van der Waals surface area (Å²) >= 11 is 0. The molecule has 2 fully saturated rings. The van der Waals surface area contributed by atoms with E-state index in [1.807, 2.05) is 0 Å². The molecule has 0 bridgehead atoms. The highest BCUT2D eigenvalue weighted by molar-refractivity contribution is 4.88. The van der Waals surface area contributed by atoms with Crippen LogP contribution in [0.15, 0.2) is 0 Å². The fourth-order valence-electron chi connectivity index (χ4n) is 4.02. The predicted molar refractivity (Wildman–Crippen MR) is 79.8 cm³/mol. The number of nitrogens with one attached hydrogen (secondary N) is 1. The van der Waals surface area contributed by atoms with Crippen LogP contribution >= 0.6 is 0 Å². The average molecular weight is 251 g/mol. The van der Waals surface area contributed by atoms with Gasteiger partial charge in [-0.3, -0.25) is 0 Å². The fourth-order valence-corrected chi connectivity index (χ4v) is 4.02. The topological polar surface area (TPSA) is 12.0 Å². The first-order valence-electron chi connectivity index (χ1n) is 8.27. The van der Waals surface area contributed by atoms with E-state index in [1.54, 1.807) is 0 Å². The molecule has 2 unspecified atom stereocenters. The second kappa shape index (κ2) is 5.94. The summed E-state index contributed by atoms with van der Waals surface area (Å²) in [5.41, 5.74) is 0.562. The van der Waals surface area contributed by atoms with E-state index >= 15 is 0 Å². The first-order valence-corrected chi connectivity index (χ1v) is 8.27. The van der Waals surface area contributed by atoms with Gasteiger partial charge in [-0.05, 0) is 62.2 Å². The molecule has 2 saturated carbocycles. The van der Waals surface area contributed by atoms with Crippen LogP contribution in [0.3, 0.4) is 0 Å². The van der Waals surface area contributed by atoms with Crippen molar-refractivity contribution in [1.82, 2.24) is 5.32 Å². The lowest BCUT2D eigenvalue weighted by atomic mass is 9.69. The second-order valence-electron chi connectivity index (χ2n) is 7.67. The van der Waals surface area contributed by atoms with Gasteiger partial charge in [0, 0.05) is 12.1 Å². The van der Waals surface area contributed by atoms with Gasteiger partial charge in [0.1, 0.15) is 0 Å².